The second-order valence-electron chi connectivity index (χ2n) is 6.82. The Morgan fingerprint density at radius 2 is 1.73 bits per heavy atom. The second-order valence-corrected chi connectivity index (χ2v) is 6.82. The van der Waals surface area contributed by atoms with E-state index in [4.69, 9.17) is 4.42 Å². The molecule has 0 aliphatic carbocycles. The second kappa shape index (κ2) is 9.23. The SMILES string of the molecule is CC(=O)NCCCc1cccc2oc(CCCCc3ccccc3)cc12. The van der Waals surface area contributed by atoms with Crippen molar-refractivity contribution < 1.29 is 9.21 Å². The first-order valence-corrected chi connectivity index (χ1v) is 9.51. The number of carbonyl (C=O) groups is 1. The molecule has 0 saturated heterocycles. The summed E-state index contributed by atoms with van der Waals surface area (Å²) in [6.07, 6.45) is 6.29. The van der Waals surface area contributed by atoms with E-state index in [0.29, 0.717) is 0 Å². The molecule has 0 saturated carbocycles. The summed E-state index contributed by atoms with van der Waals surface area (Å²) in [6, 6.07) is 19.1. The fourth-order valence-electron chi connectivity index (χ4n) is 3.33. The standard InChI is InChI=1S/C23H27NO2/c1-18(25)24-16-8-13-20-12-7-15-23-22(20)17-21(26-23)14-6-5-11-19-9-3-2-4-10-19/h2-4,7,9-10,12,15,17H,5-6,8,11,13-14,16H2,1H3,(H,24,25). The van der Waals surface area contributed by atoms with Crippen molar-refractivity contribution in [1.29, 1.82) is 0 Å². The molecule has 0 unspecified atom stereocenters. The fraction of sp³-hybridized carbons (Fsp3) is 0.348. The van der Waals surface area contributed by atoms with E-state index >= 15 is 0 Å². The van der Waals surface area contributed by atoms with Crippen LogP contribution in [0.4, 0.5) is 0 Å². The highest BCUT2D eigenvalue weighted by molar-refractivity contribution is 5.81. The minimum absolute atomic E-state index is 0.0318. The predicted molar refractivity (Wildman–Crippen MR) is 106 cm³/mol. The number of carbonyl (C=O) groups excluding carboxylic acids is 1. The van der Waals surface area contributed by atoms with Crippen molar-refractivity contribution >= 4 is 16.9 Å². The zero-order valence-electron chi connectivity index (χ0n) is 15.5. The van der Waals surface area contributed by atoms with Gasteiger partial charge in [0.2, 0.25) is 5.91 Å². The molecule has 26 heavy (non-hydrogen) atoms. The number of furan rings is 1. The van der Waals surface area contributed by atoms with Gasteiger partial charge in [-0.15, -0.1) is 0 Å². The minimum Gasteiger partial charge on any atom is -0.461 e. The molecule has 3 nitrogen and oxygen atoms in total. The van der Waals surface area contributed by atoms with Crippen LogP contribution in [-0.4, -0.2) is 12.5 Å². The zero-order valence-corrected chi connectivity index (χ0v) is 15.5. The van der Waals surface area contributed by atoms with Crippen LogP contribution in [0.25, 0.3) is 11.0 Å². The van der Waals surface area contributed by atoms with Crippen LogP contribution in [0.5, 0.6) is 0 Å². The van der Waals surface area contributed by atoms with Gasteiger partial charge in [-0.2, -0.15) is 0 Å². The first-order valence-electron chi connectivity index (χ1n) is 9.51. The molecule has 0 aliphatic rings. The quantitative estimate of drug-likeness (QED) is 0.548. The lowest BCUT2D eigenvalue weighted by Crippen LogP contribution is -2.21. The van der Waals surface area contributed by atoms with E-state index in [0.717, 1.165) is 50.0 Å². The van der Waals surface area contributed by atoms with Gasteiger partial charge in [0.1, 0.15) is 11.3 Å². The molecule has 0 radical (unpaired) electrons. The lowest BCUT2D eigenvalue weighted by molar-refractivity contribution is -0.118. The van der Waals surface area contributed by atoms with E-state index in [-0.39, 0.29) is 5.91 Å². The molecule has 3 heteroatoms. The van der Waals surface area contributed by atoms with Crippen molar-refractivity contribution in [2.24, 2.45) is 0 Å². The van der Waals surface area contributed by atoms with E-state index in [2.05, 4.69) is 53.8 Å². The summed E-state index contributed by atoms with van der Waals surface area (Å²) < 4.78 is 6.04. The van der Waals surface area contributed by atoms with Gasteiger partial charge in [0.15, 0.2) is 0 Å². The van der Waals surface area contributed by atoms with E-state index in [1.54, 1.807) is 6.92 Å². The summed E-state index contributed by atoms with van der Waals surface area (Å²) in [5.74, 6) is 1.10. The summed E-state index contributed by atoms with van der Waals surface area (Å²) in [5, 5.41) is 4.07. The van der Waals surface area contributed by atoms with Crippen molar-refractivity contribution in [3.63, 3.8) is 0 Å². The molecule has 1 amide bonds. The van der Waals surface area contributed by atoms with E-state index < -0.39 is 0 Å². The van der Waals surface area contributed by atoms with Crippen LogP contribution in [0.2, 0.25) is 0 Å². The Balaban J connectivity index is 1.53. The highest BCUT2D eigenvalue weighted by Gasteiger charge is 2.08. The normalized spacial score (nSPS) is 11.0. The van der Waals surface area contributed by atoms with Crippen LogP contribution in [0.1, 0.15) is 43.1 Å². The van der Waals surface area contributed by atoms with Gasteiger partial charge in [-0.25, -0.2) is 0 Å². The minimum atomic E-state index is 0.0318. The summed E-state index contributed by atoms with van der Waals surface area (Å²) >= 11 is 0. The van der Waals surface area contributed by atoms with Gasteiger partial charge in [0.05, 0.1) is 0 Å². The van der Waals surface area contributed by atoms with Crippen LogP contribution in [-0.2, 0) is 24.1 Å². The molecule has 136 valence electrons. The van der Waals surface area contributed by atoms with Crippen molar-refractivity contribution in [2.45, 2.75) is 45.4 Å². The molecule has 1 heterocycles. The number of hydrogen-bond acceptors (Lipinski definition) is 2. The molecular weight excluding hydrogens is 322 g/mol. The summed E-state index contributed by atoms with van der Waals surface area (Å²) in [7, 11) is 0. The number of unbranched alkanes of at least 4 members (excludes halogenated alkanes) is 1. The molecule has 0 bridgehead atoms. The van der Waals surface area contributed by atoms with Gasteiger partial charge in [0.25, 0.3) is 0 Å². The van der Waals surface area contributed by atoms with Crippen molar-refractivity contribution in [2.75, 3.05) is 6.54 Å². The van der Waals surface area contributed by atoms with Gasteiger partial charge in [-0.3, -0.25) is 4.79 Å². The molecule has 3 rings (SSSR count). The van der Waals surface area contributed by atoms with E-state index in [9.17, 15) is 4.79 Å². The van der Waals surface area contributed by atoms with Crippen LogP contribution >= 0.6 is 0 Å². The third-order valence-electron chi connectivity index (χ3n) is 4.68. The topological polar surface area (TPSA) is 42.2 Å². The Hall–Kier alpha value is -2.55. The van der Waals surface area contributed by atoms with Gasteiger partial charge >= 0.3 is 0 Å². The monoisotopic (exact) mass is 349 g/mol. The molecule has 1 aromatic heterocycles. The molecular formula is C23H27NO2. The highest BCUT2D eigenvalue weighted by Crippen LogP contribution is 2.25. The largest absolute Gasteiger partial charge is 0.461 e. The number of hydrogen-bond donors (Lipinski definition) is 1. The third-order valence-corrected chi connectivity index (χ3v) is 4.68. The Morgan fingerprint density at radius 1 is 0.923 bits per heavy atom. The maximum absolute atomic E-state index is 11.0. The fourth-order valence-corrected chi connectivity index (χ4v) is 3.33. The number of amides is 1. The molecule has 0 fully saturated rings. The van der Waals surface area contributed by atoms with Gasteiger partial charge < -0.3 is 9.73 Å². The van der Waals surface area contributed by atoms with Crippen molar-refractivity contribution in [1.82, 2.24) is 5.32 Å². The Kier molecular flexibility index (Phi) is 6.48. The summed E-state index contributed by atoms with van der Waals surface area (Å²) in [6.45, 7) is 2.27. The molecule has 0 aliphatic heterocycles. The van der Waals surface area contributed by atoms with Crippen LogP contribution in [0, 0.1) is 0 Å². The van der Waals surface area contributed by atoms with Crippen LogP contribution in [0.15, 0.2) is 59.0 Å². The maximum Gasteiger partial charge on any atom is 0.216 e. The summed E-state index contributed by atoms with van der Waals surface area (Å²) in [4.78, 5) is 11.0. The molecule has 1 N–H and O–H groups in total. The molecule has 3 aromatic rings. The average molecular weight is 349 g/mol. The smallest absolute Gasteiger partial charge is 0.216 e. The molecule has 2 aromatic carbocycles. The van der Waals surface area contributed by atoms with Crippen LogP contribution < -0.4 is 5.32 Å². The Morgan fingerprint density at radius 3 is 2.54 bits per heavy atom. The highest BCUT2D eigenvalue weighted by atomic mass is 16.3. The Bertz CT molecular complexity index is 836. The number of nitrogens with one attached hydrogen (secondary N) is 1. The Labute approximate surface area is 155 Å². The van der Waals surface area contributed by atoms with E-state index in [1.165, 1.54) is 22.9 Å². The third kappa shape index (κ3) is 5.22. The average Bonchev–Trinajstić information content (AvgIpc) is 3.07. The number of rotatable bonds is 9. The predicted octanol–water partition coefficient (Wildman–Crippen LogP) is 5.07. The van der Waals surface area contributed by atoms with Gasteiger partial charge in [-0.1, -0.05) is 42.5 Å². The van der Waals surface area contributed by atoms with Crippen molar-refractivity contribution in [3.05, 3.63) is 71.5 Å². The molecule has 0 spiro atoms. The number of benzene rings is 2. The van der Waals surface area contributed by atoms with Gasteiger partial charge in [-0.05, 0) is 55.4 Å². The zero-order chi connectivity index (χ0) is 18.2. The molecule has 0 atom stereocenters. The summed E-state index contributed by atoms with van der Waals surface area (Å²) in [5.41, 5.74) is 3.67. The first kappa shape index (κ1) is 18.2. The lowest BCUT2D eigenvalue weighted by Gasteiger charge is -2.03. The first-order chi connectivity index (χ1) is 12.7. The van der Waals surface area contributed by atoms with Crippen LogP contribution in [0.3, 0.4) is 0 Å². The lowest BCUT2D eigenvalue weighted by atomic mass is 10.0. The van der Waals surface area contributed by atoms with Gasteiger partial charge in [0, 0.05) is 25.3 Å². The van der Waals surface area contributed by atoms with E-state index in [1.807, 2.05) is 6.07 Å². The maximum atomic E-state index is 11.0. The number of aryl methyl sites for hydroxylation is 3. The van der Waals surface area contributed by atoms with Crippen molar-refractivity contribution in [3.8, 4) is 0 Å². The number of fused-ring (bicyclic) bond motifs is 1.